The van der Waals surface area contributed by atoms with Gasteiger partial charge in [-0.1, -0.05) is 56.0 Å². The number of nitrogens with zero attached hydrogens (tertiary/aromatic N) is 1. The molecule has 25 heavy (non-hydrogen) atoms. The molecule has 0 fully saturated rings. The molecule has 0 bridgehead atoms. The number of hydrogen-bond acceptors (Lipinski definition) is 4. The SMILES string of the molecule is Cc1ccc2c(c1)NC(C)(C)c1ssc(=Nc3ccc(Cl)c(Cl)c3)c1-2. The summed E-state index contributed by atoms with van der Waals surface area (Å²) in [7, 11) is 3.48. The molecule has 2 aromatic carbocycles. The fourth-order valence-electron chi connectivity index (χ4n) is 3.04. The van der Waals surface area contributed by atoms with Crippen molar-refractivity contribution in [3.05, 3.63) is 61.6 Å². The predicted molar refractivity (Wildman–Crippen MR) is 111 cm³/mol. The van der Waals surface area contributed by atoms with Crippen molar-refractivity contribution in [3.63, 3.8) is 0 Å². The first kappa shape index (κ1) is 17.1. The van der Waals surface area contributed by atoms with Crippen LogP contribution in [0.1, 0.15) is 24.3 Å². The Balaban J connectivity index is 1.96. The number of halogens is 2. The van der Waals surface area contributed by atoms with Gasteiger partial charge in [0.05, 0.1) is 26.1 Å². The Hall–Kier alpha value is -1.33. The normalized spacial score (nSPS) is 15.5. The van der Waals surface area contributed by atoms with Gasteiger partial charge in [0.1, 0.15) is 4.67 Å². The fourth-order valence-corrected chi connectivity index (χ4v) is 6.27. The zero-order valence-corrected chi connectivity index (χ0v) is 17.1. The van der Waals surface area contributed by atoms with E-state index in [1.807, 2.05) is 12.1 Å². The Kier molecular flexibility index (Phi) is 4.19. The first-order valence-corrected chi connectivity index (χ1v) is 10.8. The molecule has 0 atom stereocenters. The van der Waals surface area contributed by atoms with Crippen molar-refractivity contribution in [1.82, 2.24) is 0 Å². The molecular formula is C19H16Cl2N2S2. The smallest absolute Gasteiger partial charge is 0.135 e. The number of fused-ring (bicyclic) bond motifs is 3. The molecule has 2 heterocycles. The second-order valence-electron chi connectivity index (χ2n) is 6.69. The highest BCUT2D eigenvalue weighted by atomic mass is 35.5. The highest BCUT2D eigenvalue weighted by Crippen LogP contribution is 2.45. The van der Waals surface area contributed by atoms with Gasteiger partial charge in [-0.25, -0.2) is 4.99 Å². The molecule has 0 amide bonds. The van der Waals surface area contributed by atoms with Crippen LogP contribution in [0.25, 0.3) is 11.1 Å². The van der Waals surface area contributed by atoms with Gasteiger partial charge in [0, 0.05) is 16.8 Å². The van der Waals surface area contributed by atoms with Crippen molar-refractivity contribution < 1.29 is 0 Å². The average molecular weight is 407 g/mol. The minimum absolute atomic E-state index is 0.122. The molecular weight excluding hydrogens is 391 g/mol. The summed E-state index contributed by atoms with van der Waals surface area (Å²) in [5.74, 6) is 0. The Morgan fingerprint density at radius 1 is 1.00 bits per heavy atom. The lowest BCUT2D eigenvalue weighted by atomic mass is 9.89. The Morgan fingerprint density at radius 3 is 2.56 bits per heavy atom. The van der Waals surface area contributed by atoms with Gasteiger partial charge in [0.15, 0.2) is 0 Å². The standard InChI is InChI=1S/C19H16Cl2N2S2/c1-10-4-6-12-15(8-10)23-19(2,3)17-16(12)18(25-24-17)22-11-5-7-13(20)14(21)9-11/h4-9,23H,1-3H3. The van der Waals surface area contributed by atoms with Gasteiger partial charge in [-0.3, -0.25) is 0 Å². The zero-order chi connectivity index (χ0) is 17.8. The first-order chi connectivity index (χ1) is 11.8. The molecule has 3 aromatic rings. The quantitative estimate of drug-likeness (QED) is 0.432. The van der Waals surface area contributed by atoms with Gasteiger partial charge in [-0.15, -0.1) is 0 Å². The molecule has 0 unspecified atom stereocenters. The summed E-state index contributed by atoms with van der Waals surface area (Å²) in [4.78, 5) is 6.17. The maximum atomic E-state index is 6.15. The van der Waals surface area contributed by atoms with Crippen LogP contribution in [0.2, 0.25) is 10.0 Å². The number of rotatable bonds is 1. The Labute approximate surface area is 164 Å². The lowest BCUT2D eigenvalue weighted by Crippen LogP contribution is -2.31. The summed E-state index contributed by atoms with van der Waals surface area (Å²) in [6.07, 6.45) is 0. The summed E-state index contributed by atoms with van der Waals surface area (Å²) in [6.45, 7) is 6.54. The molecule has 0 saturated carbocycles. The van der Waals surface area contributed by atoms with Crippen molar-refractivity contribution in [2.24, 2.45) is 4.99 Å². The number of hydrogen-bond donors (Lipinski definition) is 1. The average Bonchev–Trinajstić information content (AvgIpc) is 2.95. The van der Waals surface area contributed by atoms with Crippen molar-refractivity contribution in [2.45, 2.75) is 26.3 Å². The van der Waals surface area contributed by atoms with Crippen LogP contribution in [0.5, 0.6) is 0 Å². The lowest BCUT2D eigenvalue weighted by Gasteiger charge is -2.33. The van der Waals surface area contributed by atoms with Crippen molar-refractivity contribution >= 4 is 55.3 Å². The third kappa shape index (κ3) is 3.02. The van der Waals surface area contributed by atoms with Gasteiger partial charge in [0.25, 0.3) is 0 Å². The van der Waals surface area contributed by atoms with Crippen LogP contribution in [0.3, 0.4) is 0 Å². The van der Waals surface area contributed by atoms with Crippen LogP contribution in [0.4, 0.5) is 11.4 Å². The number of aryl methyl sites for hydroxylation is 1. The van der Waals surface area contributed by atoms with Gasteiger partial charge in [-0.2, -0.15) is 0 Å². The molecule has 0 radical (unpaired) electrons. The van der Waals surface area contributed by atoms with E-state index in [2.05, 4.69) is 44.3 Å². The molecule has 128 valence electrons. The molecule has 6 heteroatoms. The van der Waals surface area contributed by atoms with Crippen molar-refractivity contribution in [2.75, 3.05) is 5.32 Å². The molecule has 1 aromatic heterocycles. The largest absolute Gasteiger partial charge is 0.375 e. The van der Waals surface area contributed by atoms with E-state index in [0.717, 1.165) is 16.0 Å². The topological polar surface area (TPSA) is 24.4 Å². The molecule has 0 aliphatic carbocycles. The number of nitrogens with one attached hydrogen (secondary N) is 1. The molecule has 2 nitrogen and oxygen atoms in total. The highest BCUT2D eigenvalue weighted by Gasteiger charge is 2.33. The van der Waals surface area contributed by atoms with Gasteiger partial charge in [-0.05, 0) is 50.6 Å². The van der Waals surface area contributed by atoms with E-state index >= 15 is 0 Å². The van der Waals surface area contributed by atoms with Gasteiger partial charge < -0.3 is 5.32 Å². The predicted octanol–water partition coefficient (Wildman–Crippen LogP) is 6.98. The van der Waals surface area contributed by atoms with Crippen LogP contribution in [-0.4, -0.2) is 0 Å². The monoisotopic (exact) mass is 406 g/mol. The van der Waals surface area contributed by atoms with E-state index in [1.54, 1.807) is 26.7 Å². The zero-order valence-electron chi connectivity index (χ0n) is 14.0. The molecule has 1 N–H and O–H groups in total. The third-order valence-electron chi connectivity index (χ3n) is 4.24. The van der Waals surface area contributed by atoms with Crippen LogP contribution in [0, 0.1) is 6.92 Å². The molecule has 0 spiro atoms. The summed E-state index contributed by atoms with van der Waals surface area (Å²) in [5.41, 5.74) is 5.52. The second kappa shape index (κ2) is 6.13. The lowest BCUT2D eigenvalue weighted by molar-refractivity contribution is 0.619. The summed E-state index contributed by atoms with van der Waals surface area (Å²) >= 11 is 12.2. The molecule has 1 aliphatic rings. The summed E-state index contributed by atoms with van der Waals surface area (Å²) in [5, 5.41) is 4.73. The summed E-state index contributed by atoms with van der Waals surface area (Å²) < 4.78 is 1.01. The van der Waals surface area contributed by atoms with E-state index in [-0.39, 0.29) is 5.54 Å². The summed E-state index contributed by atoms with van der Waals surface area (Å²) in [6, 6.07) is 12.0. The molecule has 1 aliphatic heterocycles. The van der Waals surface area contributed by atoms with E-state index in [1.165, 1.54) is 21.6 Å². The maximum absolute atomic E-state index is 6.15. The van der Waals surface area contributed by atoms with Crippen LogP contribution < -0.4 is 9.99 Å². The number of benzene rings is 2. The maximum Gasteiger partial charge on any atom is 0.135 e. The van der Waals surface area contributed by atoms with E-state index < -0.39 is 0 Å². The van der Waals surface area contributed by atoms with Crippen LogP contribution >= 0.6 is 43.9 Å². The molecule has 0 saturated heterocycles. The van der Waals surface area contributed by atoms with Crippen molar-refractivity contribution in [1.29, 1.82) is 0 Å². The number of anilines is 1. The van der Waals surface area contributed by atoms with E-state index in [4.69, 9.17) is 28.2 Å². The third-order valence-corrected chi connectivity index (χ3v) is 7.62. The molecule has 4 rings (SSSR count). The van der Waals surface area contributed by atoms with Crippen LogP contribution in [-0.2, 0) is 5.54 Å². The fraction of sp³-hybridized carbons (Fsp3) is 0.211. The second-order valence-corrected chi connectivity index (χ2v) is 9.63. The van der Waals surface area contributed by atoms with E-state index in [0.29, 0.717) is 10.0 Å². The van der Waals surface area contributed by atoms with Gasteiger partial charge in [0.2, 0.25) is 0 Å². The Morgan fingerprint density at radius 2 is 1.80 bits per heavy atom. The first-order valence-electron chi connectivity index (χ1n) is 7.88. The van der Waals surface area contributed by atoms with Gasteiger partial charge >= 0.3 is 0 Å². The van der Waals surface area contributed by atoms with Crippen LogP contribution in [0.15, 0.2) is 41.4 Å². The minimum Gasteiger partial charge on any atom is -0.375 e. The van der Waals surface area contributed by atoms with Crippen molar-refractivity contribution in [3.8, 4) is 11.1 Å². The minimum atomic E-state index is -0.122. The Bertz CT molecular complexity index is 1050. The highest BCUT2D eigenvalue weighted by molar-refractivity contribution is 7.68. The van der Waals surface area contributed by atoms with E-state index in [9.17, 15) is 0 Å².